The molecule has 4 rings (SSSR count). The highest BCUT2D eigenvalue weighted by atomic mass is 16.5. The Labute approximate surface area is 272 Å². The first-order valence-corrected chi connectivity index (χ1v) is 16.4. The number of carbonyl (C=O) groups excluding carboxylic acids is 3. The maximum Gasteiger partial charge on any atom is 0.307 e. The molecule has 248 valence electrons. The van der Waals surface area contributed by atoms with Gasteiger partial charge in [-0.25, -0.2) is 0 Å². The van der Waals surface area contributed by atoms with E-state index >= 15 is 0 Å². The second-order valence-electron chi connectivity index (χ2n) is 12.1. The van der Waals surface area contributed by atoms with Gasteiger partial charge in [-0.2, -0.15) is 5.10 Å². The van der Waals surface area contributed by atoms with Gasteiger partial charge in [-0.3, -0.25) is 24.0 Å². The zero-order valence-corrected chi connectivity index (χ0v) is 27.6. The monoisotopic (exact) mass is 632 g/mol. The summed E-state index contributed by atoms with van der Waals surface area (Å²) in [5.41, 5.74) is 2.62. The lowest BCUT2D eigenvalue weighted by atomic mass is 9.95. The summed E-state index contributed by atoms with van der Waals surface area (Å²) in [6, 6.07) is 17.4. The number of anilines is 1. The summed E-state index contributed by atoms with van der Waals surface area (Å²) in [4.78, 5) is 39.1. The van der Waals surface area contributed by atoms with Crippen LogP contribution in [0, 0.1) is 5.92 Å². The summed E-state index contributed by atoms with van der Waals surface area (Å²) in [5.74, 6) is 1.39. The smallest absolute Gasteiger partial charge is 0.307 e. The van der Waals surface area contributed by atoms with Crippen LogP contribution in [0.4, 0.5) is 5.82 Å². The van der Waals surface area contributed by atoms with Crippen molar-refractivity contribution in [1.82, 2.24) is 15.1 Å². The summed E-state index contributed by atoms with van der Waals surface area (Å²) < 4.78 is 19.2. The Balaban J connectivity index is 1.69. The standard InChI is InChI=1S/C36H48N4O6/c1-5-45-35(43)19-20-37-34(42)22-29(21-26(2)3)39(25-41)33-23-30(40(38-33)28-15-10-7-11-16-28)36-31(44-4)17-12-18-32(36)46-24-27-13-8-6-9-14-27/h6,8-9,12-14,17-18,23,25-26,28-29H,5,7,10-11,15-16,19-22,24H2,1-4H3,(H,37,42)/t29-/m0/s1. The highest BCUT2D eigenvalue weighted by Gasteiger charge is 2.30. The van der Waals surface area contributed by atoms with Crippen molar-refractivity contribution in [2.45, 2.75) is 90.8 Å². The molecule has 1 aliphatic carbocycles. The summed E-state index contributed by atoms with van der Waals surface area (Å²) >= 11 is 0. The number of hydrogen-bond donors (Lipinski definition) is 1. The second-order valence-corrected chi connectivity index (χ2v) is 12.1. The molecule has 0 aliphatic heterocycles. The number of nitrogens with zero attached hydrogens (tertiary/aromatic N) is 3. The predicted molar refractivity (Wildman–Crippen MR) is 178 cm³/mol. The molecule has 1 atom stereocenters. The molecule has 0 spiro atoms. The molecule has 0 radical (unpaired) electrons. The minimum absolute atomic E-state index is 0.0749. The van der Waals surface area contributed by atoms with Crippen LogP contribution in [-0.2, 0) is 25.7 Å². The van der Waals surface area contributed by atoms with E-state index in [1.54, 1.807) is 18.9 Å². The zero-order valence-electron chi connectivity index (χ0n) is 27.6. The maximum absolute atomic E-state index is 13.0. The van der Waals surface area contributed by atoms with E-state index in [9.17, 15) is 14.4 Å². The Kier molecular flexibility index (Phi) is 13.0. The average Bonchev–Trinajstić information content (AvgIpc) is 3.49. The molecule has 1 aliphatic rings. The van der Waals surface area contributed by atoms with Crippen molar-refractivity contribution in [1.29, 1.82) is 0 Å². The van der Waals surface area contributed by atoms with E-state index in [-0.39, 0.29) is 43.2 Å². The van der Waals surface area contributed by atoms with E-state index in [2.05, 4.69) is 19.2 Å². The molecule has 1 fully saturated rings. The highest BCUT2D eigenvalue weighted by Crippen LogP contribution is 2.43. The summed E-state index contributed by atoms with van der Waals surface area (Å²) in [5, 5.41) is 7.87. The van der Waals surface area contributed by atoms with Gasteiger partial charge in [0.1, 0.15) is 18.1 Å². The quantitative estimate of drug-likeness (QED) is 0.134. The molecule has 10 nitrogen and oxygen atoms in total. The predicted octanol–water partition coefficient (Wildman–Crippen LogP) is 6.48. The van der Waals surface area contributed by atoms with Crippen molar-refractivity contribution < 1.29 is 28.6 Å². The zero-order chi connectivity index (χ0) is 32.9. The second kappa shape index (κ2) is 17.4. The van der Waals surface area contributed by atoms with Crippen LogP contribution < -0.4 is 19.7 Å². The molecule has 2 aromatic carbocycles. The third kappa shape index (κ3) is 9.34. The summed E-state index contributed by atoms with van der Waals surface area (Å²) in [6.45, 7) is 6.72. The first-order chi connectivity index (χ1) is 22.3. The van der Waals surface area contributed by atoms with Gasteiger partial charge in [0.15, 0.2) is 5.82 Å². The van der Waals surface area contributed by atoms with E-state index in [1.165, 1.54) is 6.42 Å². The largest absolute Gasteiger partial charge is 0.496 e. The molecule has 10 heteroatoms. The van der Waals surface area contributed by atoms with E-state index in [4.69, 9.17) is 19.3 Å². The number of aromatic nitrogens is 2. The summed E-state index contributed by atoms with van der Waals surface area (Å²) in [7, 11) is 1.64. The number of nitrogens with one attached hydrogen (secondary N) is 1. The Morgan fingerprint density at radius 3 is 2.48 bits per heavy atom. The molecule has 0 saturated heterocycles. The Hall–Kier alpha value is -4.34. The van der Waals surface area contributed by atoms with Gasteiger partial charge in [0, 0.05) is 25.1 Å². The van der Waals surface area contributed by atoms with Crippen molar-refractivity contribution in [3.63, 3.8) is 0 Å². The number of esters is 1. The normalized spacial score (nSPS) is 14.0. The van der Waals surface area contributed by atoms with Crippen molar-refractivity contribution >= 4 is 24.1 Å². The lowest BCUT2D eigenvalue weighted by molar-refractivity contribution is -0.143. The fraction of sp³-hybridized carbons (Fsp3) is 0.500. The number of benzene rings is 2. The van der Waals surface area contributed by atoms with Gasteiger partial charge in [-0.05, 0) is 49.8 Å². The molecule has 0 bridgehead atoms. The molecule has 3 aromatic rings. The van der Waals surface area contributed by atoms with Gasteiger partial charge >= 0.3 is 5.97 Å². The number of rotatable bonds is 17. The van der Waals surface area contributed by atoms with Crippen LogP contribution in [0.3, 0.4) is 0 Å². The van der Waals surface area contributed by atoms with Crippen LogP contribution in [0.15, 0.2) is 54.6 Å². The molecular weight excluding hydrogens is 584 g/mol. The summed E-state index contributed by atoms with van der Waals surface area (Å²) in [6.07, 6.45) is 6.86. The maximum atomic E-state index is 13.0. The number of hydrogen-bond acceptors (Lipinski definition) is 7. The molecule has 0 unspecified atom stereocenters. The molecule has 46 heavy (non-hydrogen) atoms. The number of amides is 2. The van der Waals surface area contributed by atoms with Crippen molar-refractivity contribution in [3.8, 4) is 22.8 Å². The first kappa shape index (κ1) is 34.5. The van der Waals surface area contributed by atoms with Crippen molar-refractivity contribution in [2.75, 3.05) is 25.2 Å². The number of ether oxygens (including phenoxy) is 3. The third-order valence-corrected chi connectivity index (χ3v) is 8.24. The molecule has 2 amide bonds. The van der Waals surface area contributed by atoms with Crippen LogP contribution >= 0.6 is 0 Å². The van der Waals surface area contributed by atoms with Crippen molar-refractivity contribution in [2.24, 2.45) is 5.92 Å². The number of carbonyl (C=O) groups is 3. The molecule has 1 N–H and O–H groups in total. The fourth-order valence-electron chi connectivity index (χ4n) is 6.08. The fourth-order valence-corrected chi connectivity index (χ4v) is 6.08. The van der Waals surface area contributed by atoms with Crippen LogP contribution in [0.2, 0.25) is 0 Å². The van der Waals surface area contributed by atoms with E-state index in [0.29, 0.717) is 37.0 Å². The molecule has 1 heterocycles. The van der Waals surface area contributed by atoms with Gasteiger partial charge in [0.25, 0.3) is 0 Å². The van der Waals surface area contributed by atoms with Gasteiger partial charge in [0.05, 0.1) is 37.4 Å². The number of methoxy groups -OCH3 is 1. The van der Waals surface area contributed by atoms with Crippen LogP contribution in [0.25, 0.3) is 11.3 Å². The Morgan fingerprint density at radius 1 is 1.07 bits per heavy atom. The van der Waals surface area contributed by atoms with E-state index in [0.717, 1.165) is 48.9 Å². The SMILES string of the molecule is CCOC(=O)CCNC(=O)C[C@H](CC(C)C)N(C=O)c1cc(-c2c(OC)cccc2OCc2ccccc2)n(C2CCCCC2)n1. The van der Waals surface area contributed by atoms with Gasteiger partial charge in [0.2, 0.25) is 12.3 Å². The lowest BCUT2D eigenvalue weighted by Gasteiger charge is -2.28. The average molecular weight is 633 g/mol. The van der Waals surface area contributed by atoms with Gasteiger partial charge < -0.3 is 19.5 Å². The van der Waals surface area contributed by atoms with E-state index in [1.807, 2.05) is 59.3 Å². The Bertz CT molecular complexity index is 1420. The van der Waals surface area contributed by atoms with Gasteiger partial charge in [-0.15, -0.1) is 0 Å². The van der Waals surface area contributed by atoms with Gasteiger partial charge in [-0.1, -0.05) is 69.5 Å². The molecule has 1 saturated carbocycles. The van der Waals surface area contributed by atoms with Crippen molar-refractivity contribution in [3.05, 3.63) is 60.2 Å². The van der Waals surface area contributed by atoms with Crippen LogP contribution in [-0.4, -0.2) is 54.4 Å². The van der Waals surface area contributed by atoms with Crippen LogP contribution in [0.5, 0.6) is 11.5 Å². The molecular formula is C36H48N4O6. The third-order valence-electron chi connectivity index (χ3n) is 8.24. The highest BCUT2D eigenvalue weighted by molar-refractivity contribution is 5.83. The van der Waals surface area contributed by atoms with E-state index < -0.39 is 6.04 Å². The molecule has 1 aromatic heterocycles. The Morgan fingerprint density at radius 2 is 1.80 bits per heavy atom. The topological polar surface area (TPSA) is 112 Å². The minimum Gasteiger partial charge on any atom is -0.496 e. The lowest BCUT2D eigenvalue weighted by Crippen LogP contribution is -2.40. The van der Waals surface area contributed by atoms with Crippen LogP contribution in [0.1, 0.15) is 83.7 Å². The first-order valence-electron chi connectivity index (χ1n) is 16.4. The minimum atomic E-state index is -0.436.